The Kier molecular flexibility index (Phi) is 3.71. The number of hydrogen-bond donors (Lipinski definition) is 2. The number of halogens is 2. The van der Waals surface area contributed by atoms with E-state index in [0.717, 1.165) is 6.07 Å². The molecule has 0 saturated carbocycles. The molecule has 1 aromatic heterocycles. The van der Waals surface area contributed by atoms with Gasteiger partial charge in [0.05, 0.1) is 5.02 Å². The SMILES string of the molecule is Cn1cc(C(=O)O)c(C(=O)Nc2ccc(F)c(Cl)c2)n1. The lowest BCUT2D eigenvalue weighted by molar-refractivity contribution is 0.0692. The number of benzene rings is 1. The maximum atomic E-state index is 13.0. The minimum Gasteiger partial charge on any atom is -0.478 e. The van der Waals surface area contributed by atoms with Crippen molar-refractivity contribution in [3.8, 4) is 0 Å². The summed E-state index contributed by atoms with van der Waals surface area (Å²) < 4.78 is 14.2. The van der Waals surface area contributed by atoms with Crippen molar-refractivity contribution in [3.05, 3.63) is 46.5 Å². The number of carboxylic acid groups (broad SMARTS) is 1. The first-order valence-corrected chi connectivity index (χ1v) is 5.79. The summed E-state index contributed by atoms with van der Waals surface area (Å²) in [5, 5.41) is 15.0. The summed E-state index contributed by atoms with van der Waals surface area (Å²) in [6.07, 6.45) is 1.22. The Bertz CT molecular complexity index is 699. The number of aryl methyl sites for hydroxylation is 1. The predicted molar refractivity (Wildman–Crippen MR) is 69.5 cm³/mol. The first-order valence-electron chi connectivity index (χ1n) is 5.42. The zero-order valence-electron chi connectivity index (χ0n) is 10.2. The molecule has 0 saturated heterocycles. The van der Waals surface area contributed by atoms with Crippen LogP contribution in [0, 0.1) is 5.82 Å². The molecule has 20 heavy (non-hydrogen) atoms. The molecule has 2 N–H and O–H groups in total. The average molecular weight is 298 g/mol. The lowest BCUT2D eigenvalue weighted by Crippen LogP contribution is -2.16. The highest BCUT2D eigenvalue weighted by Gasteiger charge is 2.21. The van der Waals surface area contributed by atoms with Crippen molar-refractivity contribution >= 4 is 29.2 Å². The highest BCUT2D eigenvalue weighted by atomic mass is 35.5. The van der Waals surface area contributed by atoms with Crippen LogP contribution in [0.1, 0.15) is 20.8 Å². The number of carbonyl (C=O) groups is 2. The maximum Gasteiger partial charge on any atom is 0.339 e. The number of anilines is 1. The number of carboxylic acids is 1. The smallest absolute Gasteiger partial charge is 0.339 e. The fraction of sp³-hybridized carbons (Fsp3) is 0.0833. The van der Waals surface area contributed by atoms with Gasteiger partial charge in [-0.15, -0.1) is 0 Å². The molecule has 0 bridgehead atoms. The van der Waals surface area contributed by atoms with Crippen LogP contribution < -0.4 is 5.32 Å². The second-order valence-corrected chi connectivity index (χ2v) is 4.36. The van der Waals surface area contributed by atoms with Crippen LogP contribution >= 0.6 is 11.6 Å². The first kappa shape index (κ1) is 14.0. The van der Waals surface area contributed by atoms with Crippen molar-refractivity contribution in [1.29, 1.82) is 0 Å². The monoisotopic (exact) mass is 297 g/mol. The molecule has 8 heteroatoms. The molecule has 0 radical (unpaired) electrons. The second kappa shape index (κ2) is 5.30. The van der Waals surface area contributed by atoms with Crippen LogP contribution in [-0.2, 0) is 7.05 Å². The molecule has 1 heterocycles. The third-order valence-corrected chi connectivity index (χ3v) is 2.74. The van der Waals surface area contributed by atoms with Gasteiger partial charge in [-0.1, -0.05) is 11.6 Å². The van der Waals surface area contributed by atoms with Crippen LogP contribution in [-0.4, -0.2) is 26.8 Å². The zero-order chi connectivity index (χ0) is 14.9. The third kappa shape index (κ3) is 2.77. The number of carbonyl (C=O) groups excluding carboxylic acids is 1. The Hall–Kier alpha value is -2.41. The zero-order valence-corrected chi connectivity index (χ0v) is 11.0. The van der Waals surface area contributed by atoms with Gasteiger partial charge in [0.15, 0.2) is 5.69 Å². The van der Waals surface area contributed by atoms with Gasteiger partial charge in [0.1, 0.15) is 11.4 Å². The molecular weight excluding hydrogens is 289 g/mol. The number of aromatic nitrogens is 2. The third-order valence-electron chi connectivity index (χ3n) is 2.45. The summed E-state index contributed by atoms with van der Waals surface area (Å²) in [7, 11) is 1.50. The van der Waals surface area contributed by atoms with E-state index in [1.54, 1.807) is 0 Å². The highest BCUT2D eigenvalue weighted by Crippen LogP contribution is 2.20. The minimum absolute atomic E-state index is 0.151. The lowest BCUT2D eigenvalue weighted by atomic mass is 10.2. The summed E-state index contributed by atoms with van der Waals surface area (Å²) in [5.41, 5.74) is -0.220. The molecule has 2 aromatic rings. The molecular formula is C12H9ClFN3O3. The molecule has 0 aliphatic rings. The number of hydrogen-bond acceptors (Lipinski definition) is 3. The first-order chi connectivity index (χ1) is 9.38. The van der Waals surface area contributed by atoms with Crippen molar-refractivity contribution in [2.24, 2.45) is 7.05 Å². The van der Waals surface area contributed by atoms with E-state index in [1.807, 2.05) is 0 Å². The average Bonchev–Trinajstić information content (AvgIpc) is 2.76. The largest absolute Gasteiger partial charge is 0.478 e. The van der Waals surface area contributed by atoms with Gasteiger partial charge in [0.25, 0.3) is 5.91 Å². The minimum atomic E-state index is -1.26. The molecule has 0 aliphatic carbocycles. The normalized spacial score (nSPS) is 10.3. The molecule has 104 valence electrons. The topological polar surface area (TPSA) is 84.2 Å². The van der Waals surface area contributed by atoms with Crippen molar-refractivity contribution in [2.75, 3.05) is 5.32 Å². The van der Waals surface area contributed by atoms with Crippen LogP contribution in [0.25, 0.3) is 0 Å². The van der Waals surface area contributed by atoms with E-state index in [9.17, 15) is 14.0 Å². The number of rotatable bonds is 3. The van der Waals surface area contributed by atoms with E-state index in [4.69, 9.17) is 16.7 Å². The van der Waals surface area contributed by atoms with Gasteiger partial charge >= 0.3 is 5.97 Å². The van der Waals surface area contributed by atoms with Gasteiger partial charge in [-0.05, 0) is 18.2 Å². The summed E-state index contributed by atoms with van der Waals surface area (Å²) in [4.78, 5) is 22.9. The van der Waals surface area contributed by atoms with Gasteiger partial charge in [0.2, 0.25) is 0 Å². The number of amides is 1. The Balaban J connectivity index is 2.28. The van der Waals surface area contributed by atoms with Crippen LogP contribution in [0.3, 0.4) is 0 Å². The van der Waals surface area contributed by atoms with Gasteiger partial charge < -0.3 is 10.4 Å². The molecule has 2 rings (SSSR count). The standard InChI is InChI=1S/C12H9ClFN3O3/c1-17-5-7(12(19)20)10(16-17)11(18)15-6-2-3-9(14)8(13)4-6/h2-5H,1H3,(H,15,18)(H,19,20). The van der Waals surface area contributed by atoms with Crippen LogP contribution in [0.15, 0.2) is 24.4 Å². The van der Waals surface area contributed by atoms with Crippen molar-refractivity contribution in [2.45, 2.75) is 0 Å². The Morgan fingerprint density at radius 3 is 2.75 bits per heavy atom. The molecule has 6 nitrogen and oxygen atoms in total. The lowest BCUT2D eigenvalue weighted by Gasteiger charge is -2.04. The summed E-state index contributed by atoms with van der Waals surface area (Å²) >= 11 is 5.59. The fourth-order valence-electron chi connectivity index (χ4n) is 1.58. The van der Waals surface area contributed by atoms with Gasteiger partial charge in [-0.3, -0.25) is 9.48 Å². The number of nitrogens with one attached hydrogen (secondary N) is 1. The van der Waals surface area contributed by atoms with E-state index in [2.05, 4.69) is 10.4 Å². The molecule has 1 amide bonds. The Morgan fingerprint density at radius 1 is 1.45 bits per heavy atom. The van der Waals surface area contributed by atoms with E-state index < -0.39 is 17.7 Å². The van der Waals surface area contributed by atoms with Crippen LogP contribution in [0.5, 0.6) is 0 Å². The molecule has 0 unspecified atom stereocenters. The van der Waals surface area contributed by atoms with Crippen molar-refractivity contribution in [1.82, 2.24) is 9.78 Å². The summed E-state index contributed by atoms with van der Waals surface area (Å²) in [6, 6.07) is 3.62. The van der Waals surface area contributed by atoms with Crippen molar-refractivity contribution < 1.29 is 19.1 Å². The molecule has 0 aliphatic heterocycles. The fourth-order valence-corrected chi connectivity index (χ4v) is 1.76. The van der Waals surface area contributed by atoms with Gasteiger partial charge in [-0.2, -0.15) is 5.10 Å². The predicted octanol–water partition coefficient (Wildman–Crippen LogP) is 2.16. The van der Waals surface area contributed by atoms with E-state index >= 15 is 0 Å². The maximum absolute atomic E-state index is 13.0. The van der Waals surface area contributed by atoms with Gasteiger partial charge in [0, 0.05) is 18.9 Å². The van der Waals surface area contributed by atoms with Crippen LogP contribution in [0.2, 0.25) is 5.02 Å². The molecule has 0 atom stereocenters. The quantitative estimate of drug-likeness (QED) is 0.909. The van der Waals surface area contributed by atoms with E-state index in [-0.39, 0.29) is 22.0 Å². The molecule has 0 fully saturated rings. The van der Waals surface area contributed by atoms with Crippen molar-refractivity contribution in [3.63, 3.8) is 0 Å². The Labute approximate surface area is 117 Å². The summed E-state index contributed by atoms with van der Waals surface area (Å²) in [6.45, 7) is 0. The summed E-state index contributed by atoms with van der Waals surface area (Å²) in [5.74, 6) is -2.60. The second-order valence-electron chi connectivity index (χ2n) is 3.95. The highest BCUT2D eigenvalue weighted by molar-refractivity contribution is 6.31. The van der Waals surface area contributed by atoms with E-state index in [0.29, 0.717) is 0 Å². The number of aromatic carboxylic acids is 1. The molecule has 1 aromatic carbocycles. The van der Waals surface area contributed by atoms with Crippen LogP contribution in [0.4, 0.5) is 10.1 Å². The van der Waals surface area contributed by atoms with E-state index in [1.165, 1.54) is 30.1 Å². The Morgan fingerprint density at radius 2 is 2.15 bits per heavy atom. The van der Waals surface area contributed by atoms with Gasteiger partial charge in [-0.25, -0.2) is 9.18 Å². The number of nitrogens with zero attached hydrogens (tertiary/aromatic N) is 2. The molecule has 0 spiro atoms.